The van der Waals surface area contributed by atoms with Crippen molar-refractivity contribution in [2.45, 2.75) is 26.8 Å². The molecule has 4 rings (SSSR count). The monoisotopic (exact) mass is 496 g/mol. The van der Waals surface area contributed by atoms with Crippen molar-refractivity contribution in [1.82, 2.24) is 4.57 Å². The molecule has 1 aliphatic heterocycles. The van der Waals surface area contributed by atoms with Crippen molar-refractivity contribution in [3.05, 3.63) is 95.6 Å². The first kappa shape index (κ1) is 23.7. The highest BCUT2D eigenvalue weighted by Crippen LogP contribution is 2.31. The van der Waals surface area contributed by atoms with E-state index in [-0.39, 0.29) is 12.2 Å². The van der Waals surface area contributed by atoms with Gasteiger partial charge in [-0.15, -0.1) is 0 Å². The van der Waals surface area contributed by atoms with E-state index in [4.69, 9.17) is 21.1 Å². The van der Waals surface area contributed by atoms with Crippen LogP contribution in [0.15, 0.2) is 69.6 Å². The molecule has 0 fully saturated rings. The fraction of sp³-hybridized carbons (Fsp3) is 0.200. The molecule has 34 heavy (non-hydrogen) atoms. The van der Waals surface area contributed by atoms with Gasteiger partial charge in [-0.05, 0) is 43.7 Å². The normalized spacial score (nSPS) is 15.5. The van der Waals surface area contributed by atoms with Crippen LogP contribution in [0.5, 0.6) is 5.75 Å². The minimum atomic E-state index is -0.724. The number of esters is 2. The average Bonchev–Trinajstić information content (AvgIpc) is 3.09. The van der Waals surface area contributed by atoms with Gasteiger partial charge in [0.15, 0.2) is 4.80 Å². The molecule has 1 aliphatic rings. The SMILES string of the molecule is CCOC(=O)C1=C(C)N=c2s/c(=C\c3ccccc3OC(C)=O)c(=O)n2[C@H]1c1ccc(Cl)cc1. The Morgan fingerprint density at radius 2 is 1.88 bits per heavy atom. The van der Waals surface area contributed by atoms with Gasteiger partial charge in [0.2, 0.25) is 0 Å². The number of thiazole rings is 1. The summed E-state index contributed by atoms with van der Waals surface area (Å²) in [6.07, 6.45) is 1.66. The number of carbonyl (C=O) groups excluding carboxylic acids is 2. The fourth-order valence-corrected chi connectivity index (χ4v) is 4.90. The number of rotatable bonds is 5. The van der Waals surface area contributed by atoms with E-state index in [0.29, 0.717) is 42.5 Å². The van der Waals surface area contributed by atoms with Crippen LogP contribution in [0.1, 0.15) is 37.9 Å². The van der Waals surface area contributed by atoms with E-state index in [1.807, 2.05) is 0 Å². The predicted octanol–water partition coefficient (Wildman–Crippen LogP) is 3.38. The molecule has 9 heteroatoms. The van der Waals surface area contributed by atoms with Crippen LogP contribution in [-0.4, -0.2) is 23.1 Å². The molecule has 7 nitrogen and oxygen atoms in total. The summed E-state index contributed by atoms with van der Waals surface area (Å²) in [5.74, 6) is -0.642. The van der Waals surface area contributed by atoms with Gasteiger partial charge in [0.1, 0.15) is 5.75 Å². The van der Waals surface area contributed by atoms with Gasteiger partial charge in [-0.2, -0.15) is 0 Å². The van der Waals surface area contributed by atoms with E-state index >= 15 is 0 Å². The molecule has 2 heterocycles. The molecule has 0 amide bonds. The first-order valence-electron chi connectivity index (χ1n) is 10.5. The highest BCUT2D eigenvalue weighted by atomic mass is 35.5. The van der Waals surface area contributed by atoms with Crippen LogP contribution in [0.25, 0.3) is 6.08 Å². The summed E-state index contributed by atoms with van der Waals surface area (Å²) in [5, 5.41) is 0.539. The molecular weight excluding hydrogens is 476 g/mol. The van der Waals surface area contributed by atoms with E-state index in [1.54, 1.807) is 68.5 Å². The van der Waals surface area contributed by atoms with Gasteiger partial charge in [0.05, 0.1) is 28.5 Å². The maximum absolute atomic E-state index is 13.6. The Balaban J connectivity index is 1.94. The summed E-state index contributed by atoms with van der Waals surface area (Å²) < 4.78 is 12.4. The fourth-order valence-electron chi connectivity index (χ4n) is 3.74. The molecule has 3 aromatic rings. The third kappa shape index (κ3) is 4.60. The lowest BCUT2D eigenvalue weighted by Gasteiger charge is -2.24. The number of hydrogen-bond donors (Lipinski definition) is 0. The molecule has 0 aliphatic carbocycles. The van der Waals surface area contributed by atoms with E-state index < -0.39 is 18.0 Å². The van der Waals surface area contributed by atoms with Crippen molar-refractivity contribution in [2.75, 3.05) is 6.61 Å². The van der Waals surface area contributed by atoms with E-state index in [9.17, 15) is 14.4 Å². The zero-order chi connectivity index (χ0) is 24.4. The topological polar surface area (TPSA) is 87.0 Å². The standard InChI is InChI=1S/C25H21ClN2O5S/c1-4-32-24(31)21-14(2)27-25-28(22(21)16-9-11-18(26)12-10-16)23(30)20(34-25)13-17-7-5-6-8-19(17)33-15(3)29/h5-13,22H,4H2,1-3H3/b20-13-/t22-/m0/s1. The second-order valence-electron chi connectivity index (χ2n) is 7.49. The van der Waals surface area contributed by atoms with Crippen LogP contribution in [0.4, 0.5) is 0 Å². The van der Waals surface area contributed by atoms with Gasteiger partial charge in [-0.1, -0.05) is 53.3 Å². The zero-order valence-electron chi connectivity index (χ0n) is 18.7. The Morgan fingerprint density at radius 1 is 1.18 bits per heavy atom. The van der Waals surface area contributed by atoms with E-state index in [2.05, 4.69) is 4.99 Å². The van der Waals surface area contributed by atoms with Crippen molar-refractivity contribution in [2.24, 2.45) is 4.99 Å². The summed E-state index contributed by atoms with van der Waals surface area (Å²) in [6, 6.07) is 13.2. The molecule has 0 saturated carbocycles. The molecule has 0 bridgehead atoms. The number of benzene rings is 2. The summed E-state index contributed by atoms with van der Waals surface area (Å²) >= 11 is 7.27. The third-order valence-corrected chi connectivity index (χ3v) is 6.40. The Bertz CT molecular complexity index is 1480. The molecule has 2 aromatic carbocycles. The van der Waals surface area contributed by atoms with Gasteiger partial charge < -0.3 is 9.47 Å². The highest BCUT2D eigenvalue weighted by molar-refractivity contribution is 7.07. The molecule has 0 spiro atoms. The van der Waals surface area contributed by atoms with E-state index in [0.717, 1.165) is 0 Å². The van der Waals surface area contributed by atoms with Crippen LogP contribution in [0.2, 0.25) is 5.02 Å². The van der Waals surface area contributed by atoms with Crippen molar-refractivity contribution >= 4 is 41.0 Å². The number of nitrogens with zero attached hydrogens (tertiary/aromatic N) is 2. The van der Waals surface area contributed by atoms with Crippen molar-refractivity contribution in [3.63, 3.8) is 0 Å². The molecule has 1 atom stereocenters. The number of para-hydroxylation sites is 1. The molecule has 1 aromatic heterocycles. The minimum Gasteiger partial charge on any atom is -0.463 e. The Morgan fingerprint density at radius 3 is 2.56 bits per heavy atom. The molecule has 0 unspecified atom stereocenters. The molecular formula is C25H21ClN2O5S. The first-order valence-corrected chi connectivity index (χ1v) is 11.7. The number of aromatic nitrogens is 1. The van der Waals surface area contributed by atoms with Gasteiger partial charge in [-0.25, -0.2) is 9.79 Å². The number of ether oxygens (including phenoxy) is 2. The number of carbonyl (C=O) groups is 2. The molecule has 174 valence electrons. The number of hydrogen-bond acceptors (Lipinski definition) is 7. The Kier molecular flexibility index (Phi) is 6.81. The predicted molar refractivity (Wildman–Crippen MR) is 130 cm³/mol. The molecule has 0 N–H and O–H groups in total. The Labute approximate surface area is 204 Å². The largest absolute Gasteiger partial charge is 0.463 e. The van der Waals surface area contributed by atoms with Crippen molar-refractivity contribution in [3.8, 4) is 5.75 Å². The maximum atomic E-state index is 13.6. The smallest absolute Gasteiger partial charge is 0.338 e. The second-order valence-corrected chi connectivity index (χ2v) is 8.93. The maximum Gasteiger partial charge on any atom is 0.338 e. The molecule has 0 radical (unpaired) electrons. The van der Waals surface area contributed by atoms with Crippen molar-refractivity contribution < 1.29 is 19.1 Å². The summed E-state index contributed by atoms with van der Waals surface area (Å²) in [5.41, 5.74) is 1.73. The van der Waals surface area contributed by atoms with Gasteiger partial charge in [0, 0.05) is 17.5 Å². The summed E-state index contributed by atoms with van der Waals surface area (Å²) in [4.78, 5) is 43.0. The lowest BCUT2D eigenvalue weighted by molar-refractivity contribution is -0.139. The molecule has 0 saturated heterocycles. The second kappa shape index (κ2) is 9.79. The summed E-state index contributed by atoms with van der Waals surface area (Å²) in [6.45, 7) is 4.96. The third-order valence-electron chi connectivity index (χ3n) is 5.16. The number of allylic oxidation sites excluding steroid dienone is 1. The van der Waals surface area contributed by atoms with Crippen LogP contribution < -0.4 is 19.6 Å². The lowest BCUT2D eigenvalue weighted by atomic mass is 9.96. The minimum absolute atomic E-state index is 0.195. The lowest BCUT2D eigenvalue weighted by Crippen LogP contribution is -2.39. The zero-order valence-corrected chi connectivity index (χ0v) is 20.3. The van der Waals surface area contributed by atoms with Crippen LogP contribution >= 0.6 is 22.9 Å². The van der Waals surface area contributed by atoms with Crippen molar-refractivity contribution in [1.29, 1.82) is 0 Å². The number of fused-ring (bicyclic) bond motifs is 1. The number of halogens is 1. The first-order chi connectivity index (χ1) is 16.3. The van der Waals surface area contributed by atoms with Crippen LogP contribution in [0.3, 0.4) is 0 Å². The quantitative estimate of drug-likeness (QED) is 0.399. The van der Waals surface area contributed by atoms with Gasteiger partial charge in [0.25, 0.3) is 5.56 Å². The summed E-state index contributed by atoms with van der Waals surface area (Å²) in [7, 11) is 0. The van der Waals surface area contributed by atoms with Gasteiger partial charge in [-0.3, -0.25) is 14.2 Å². The Hall–Kier alpha value is -3.49. The van der Waals surface area contributed by atoms with E-state index in [1.165, 1.54) is 22.8 Å². The van der Waals surface area contributed by atoms with Crippen LogP contribution in [-0.2, 0) is 14.3 Å². The average molecular weight is 497 g/mol. The highest BCUT2D eigenvalue weighted by Gasteiger charge is 2.33. The van der Waals surface area contributed by atoms with Gasteiger partial charge >= 0.3 is 11.9 Å². The van der Waals surface area contributed by atoms with Crippen LogP contribution in [0, 0.1) is 0 Å².